The van der Waals surface area contributed by atoms with Crippen molar-refractivity contribution in [3.8, 4) is 0 Å². The first-order valence-electron chi connectivity index (χ1n) is 3.88. The van der Waals surface area contributed by atoms with Gasteiger partial charge in [-0.25, -0.2) is 0 Å². The summed E-state index contributed by atoms with van der Waals surface area (Å²) in [6, 6.07) is 7.70. The van der Waals surface area contributed by atoms with E-state index < -0.39 is 6.29 Å². The van der Waals surface area contributed by atoms with Crippen LogP contribution in [0, 0.1) is 0 Å². The topological polar surface area (TPSA) is 29.5 Å². The van der Waals surface area contributed by atoms with Gasteiger partial charge in [0.2, 0.25) is 6.29 Å². The first-order valence-corrected chi connectivity index (χ1v) is 3.88. The Morgan fingerprint density at radius 1 is 1.33 bits per heavy atom. The molecule has 1 aromatic carbocycles. The molecule has 0 fully saturated rings. The fourth-order valence-corrected chi connectivity index (χ4v) is 1.37. The highest BCUT2D eigenvalue weighted by molar-refractivity contribution is 5.67. The van der Waals surface area contributed by atoms with Gasteiger partial charge in [-0.15, -0.1) is 0 Å². The molecule has 1 atom stereocenters. The van der Waals surface area contributed by atoms with E-state index in [2.05, 4.69) is 0 Å². The largest absolute Gasteiger partial charge is 0.468 e. The van der Waals surface area contributed by atoms with Gasteiger partial charge in [-0.05, 0) is 18.1 Å². The molecule has 2 rings (SSSR count). The lowest BCUT2D eigenvalue weighted by Crippen LogP contribution is -2.07. The van der Waals surface area contributed by atoms with Crippen molar-refractivity contribution in [2.45, 2.75) is 13.2 Å². The van der Waals surface area contributed by atoms with E-state index in [0.29, 0.717) is 0 Å². The number of fused-ring (bicyclic) bond motifs is 1. The predicted octanol–water partition coefficient (Wildman–Crippen LogP) is 2.07. The van der Waals surface area contributed by atoms with Crippen LogP contribution < -0.4 is 0 Å². The molecule has 0 spiro atoms. The Morgan fingerprint density at radius 3 is 2.83 bits per heavy atom. The number of allylic oxidation sites excluding steroid dienone is 1. The second-order valence-electron chi connectivity index (χ2n) is 2.88. The van der Waals surface area contributed by atoms with Gasteiger partial charge < -0.3 is 9.84 Å². The second kappa shape index (κ2) is 2.64. The molecule has 1 aromatic rings. The minimum absolute atomic E-state index is 0.801. The molecule has 0 saturated carbocycles. The summed E-state index contributed by atoms with van der Waals surface area (Å²) in [7, 11) is 0. The maximum atomic E-state index is 9.41. The van der Waals surface area contributed by atoms with Crippen LogP contribution in [0.3, 0.4) is 0 Å². The summed E-state index contributed by atoms with van der Waals surface area (Å²) in [5.74, 6) is 0. The zero-order valence-corrected chi connectivity index (χ0v) is 6.82. The van der Waals surface area contributed by atoms with Crippen molar-refractivity contribution < 1.29 is 9.84 Å². The molecule has 0 radical (unpaired) electrons. The molecular formula is C10H10O2. The molecule has 2 nitrogen and oxygen atoms in total. The van der Waals surface area contributed by atoms with Crippen LogP contribution in [0.15, 0.2) is 30.5 Å². The quantitative estimate of drug-likeness (QED) is 0.632. The zero-order valence-electron chi connectivity index (χ0n) is 6.82. The number of aliphatic hydroxyl groups excluding tert-OH is 1. The van der Waals surface area contributed by atoms with Crippen molar-refractivity contribution in [1.29, 1.82) is 0 Å². The van der Waals surface area contributed by atoms with Gasteiger partial charge in [-0.3, -0.25) is 0 Å². The van der Waals surface area contributed by atoms with Crippen LogP contribution in [0.5, 0.6) is 0 Å². The van der Waals surface area contributed by atoms with Crippen LogP contribution >= 0.6 is 0 Å². The Balaban J connectivity index is 2.58. The fourth-order valence-electron chi connectivity index (χ4n) is 1.37. The average molecular weight is 162 g/mol. The van der Waals surface area contributed by atoms with Gasteiger partial charge >= 0.3 is 0 Å². The van der Waals surface area contributed by atoms with Gasteiger partial charge in [-0.1, -0.05) is 24.3 Å². The third-order valence-corrected chi connectivity index (χ3v) is 2.03. The zero-order chi connectivity index (χ0) is 8.55. The van der Waals surface area contributed by atoms with E-state index in [1.165, 1.54) is 0 Å². The van der Waals surface area contributed by atoms with E-state index in [1.807, 2.05) is 31.2 Å². The van der Waals surface area contributed by atoms with Crippen LogP contribution in [0.4, 0.5) is 0 Å². The molecule has 1 N–H and O–H groups in total. The van der Waals surface area contributed by atoms with Gasteiger partial charge in [0.05, 0.1) is 6.26 Å². The summed E-state index contributed by atoms with van der Waals surface area (Å²) in [6.07, 6.45) is 0.789. The van der Waals surface area contributed by atoms with Crippen molar-refractivity contribution in [1.82, 2.24) is 0 Å². The summed E-state index contributed by atoms with van der Waals surface area (Å²) in [5.41, 5.74) is 2.96. The Hall–Kier alpha value is -1.28. The van der Waals surface area contributed by atoms with E-state index in [0.717, 1.165) is 16.7 Å². The number of rotatable bonds is 0. The van der Waals surface area contributed by atoms with Gasteiger partial charge in [0.15, 0.2) is 0 Å². The lowest BCUT2D eigenvalue weighted by Gasteiger charge is -2.20. The second-order valence-corrected chi connectivity index (χ2v) is 2.88. The normalized spacial score (nSPS) is 20.8. The van der Waals surface area contributed by atoms with Crippen molar-refractivity contribution in [2.24, 2.45) is 0 Å². The van der Waals surface area contributed by atoms with E-state index in [1.54, 1.807) is 6.26 Å². The molecule has 1 heterocycles. The third kappa shape index (κ3) is 1.01. The van der Waals surface area contributed by atoms with Crippen molar-refractivity contribution >= 4 is 5.57 Å². The Labute approximate surface area is 71.1 Å². The van der Waals surface area contributed by atoms with E-state index in [4.69, 9.17) is 4.74 Å². The first-order chi connectivity index (χ1) is 5.79. The van der Waals surface area contributed by atoms with Crippen LogP contribution in [-0.4, -0.2) is 5.11 Å². The molecule has 62 valence electrons. The average Bonchev–Trinajstić information content (AvgIpc) is 2.12. The summed E-state index contributed by atoms with van der Waals surface area (Å²) >= 11 is 0. The monoisotopic (exact) mass is 162 g/mol. The molecular weight excluding hydrogens is 152 g/mol. The highest BCUT2D eigenvalue weighted by Crippen LogP contribution is 2.29. The number of aliphatic hydroxyl groups is 1. The molecule has 0 aliphatic carbocycles. The van der Waals surface area contributed by atoms with Crippen molar-refractivity contribution in [3.63, 3.8) is 0 Å². The predicted molar refractivity (Wildman–Crippen MR) is 46.1 cm³/mol. The Kier molecular flexibility index (Phi) is 1.62. The van der Waals surface area contributed by atoms with Gasteiger partial charge in [-0.2, -0.15) is 0 Å². The molecule has 0 aromatic heterocycles. The fraction of sp³-hybridized carbons (Fsp3) is 0.200. The summed E-state index contributed by atoms with van der Waals surface area (Å²) in [5, 5.41) is 9.41. The summed E-state index contributed by atoms with van der Waals surface area (Å²) in [4.78, 5) is 0. The standard InChI is InChI=1S/C10H10O2/c1-7-6-12-10(11)9-5-3-2-4-8(7)9/h2-6,10-11H,1H3. The molecule has 2 heteroatoms. The number of ether oxygens (including phenoxy) is 1. The molecule has 1 unspecified atom stereocenters. The Bertz CT molecular complexity index is 328. The lowest BCUT2D eigenvalue weighted by molar-refractivity contribution is -0.0562. The van der Waals surface area contributed by atoms with Crippen LogP contribution in [0.1, 0.15) is 24.3 Å². The minimum Gasteiger partial charge on any atom is -0.468 e. The van der Waals surface area contributed by atoms with Gasteiger partial charge in [0, 0.05) is 5.56 Å². The molecule has 0 amide bonds. The molecule has 0 bridgehead atoms. The Morgan fingerprint density at radius 2 is 2.08 bits per heavy atom. The molecule has 1 aliphatic heterocycles. The molecule has 12 heavy (non-hydrogen) atoms. The number of hydrogen-bond acceptors (Lipinski definition) is 2. The maximum Gasteiger partial charge on any atom is 0.223 e. The SMILES string of the molecule is CC1=COC(O)c2ccccc21. The lowest BCUT2D eigenvalue weighted by atomic mass is 10.00. The first kappa shape index (κ1) is 7.37. The summed E-state index contributed by atoms with van der Waals surface area (Å²) in [6.45, 7) is 1.96. The smallest absolute Gasteiger partial charge is 0.223 e. The van der Waals surface area contributed by atoms with Crippen LogP contribution in [0.25, 0.3) is 5.57 Å². The van der Waals surface area contributed by atoms with Gasteiger partial charge in [0.1, 0.15) is 0 Å². The summed E-state index contributed by atoms with van der Waals surface area (Å²) < 4.78 is 5.01. The van der Waals surface area contributed by atoms with E-state index in [9.17, 15) is 5.11 Å². The number of benzene rings is 1. The maximum absolute atomic E-state index is 9.41. The molecule has 0 saturated heterocycles. The van der Waals surface area contributed by atoms with Crippen molar-refractivity contribution in [2.75, 3.05) is 0 Å². The molecule has 1 aliphatic rings. The van der Waals surface area contributed by atoms with Gasteiger partial charge in [0.25, 0.3) is 0 Å². The highest BCUT2D eigenvalue weighted by atomic mass is 16.6. The van der Waals surface area contributed by atoms with E-state index in [-0.39, 0.29) is 0 Å². The van der Waals surface area contributed by atoms with Crippen LogP contribution in [-0.2, 0) is 4.74 Å². The number of hydrogen-bond donors (Lipinski definition) is 1. The van der Waals surface area contributed by atoms with E-state index >= 15 is 0 Å². The van der Waals surface area contributed by atoms with Crippen LogP contribution in [0.2, 0.25) is 0 Å². The highest BCUT2D eigenvalue weighted by Gasteiger charge is 2.17. The minimum atomic E-state index is -0.801. The van der Waals surface area contributed by atoms with Crippen molar-refractivity contribution in [3.05, 3.63) is 41.7 Å². The third-order valence-electron chi connectivity index (χ3n) is 2.03.